The Labute approximate surface area is 75.6 Å². The maximum absolute atomic E-state index is 3.99. The van der Waals surface area contributed by atoms with E-state index in [4.69, 9.17) is 0 Å². The molecule has 1 N–H and O–H groups in total. The second kappa shape index (κ2) is 3.48. The van der Waals surface area contributed by atoms with Gasteiger partial charge in [-0.25, -0.2) is 0 Å². The molecule has 0 aromatic rings. The smallest absolute Gasteiger partial charge is 0.0380 e. The van der Waals surface area contributed by atoms with Crippen LogP contribution in [0.4, 0.5) is 0 Å². The third kappa shape index (κ3) is 2.52. The molecule has 1 aliphatic heterocycles. The molecule has 0 saturated carbocycles. The predicted octanol–water partition coefficient (Wildman–Crippen LogP) is 1.59. The van der Waals surface area contributed by atoms with E-state index < -0.39 is 0 Å². The van der Waals surface area contributed by atoms with Crippen molar-refractivity contribution >= 4 is 0 Å². The summed E-state index contributed by atoms with van der Waals surface area (Å²) in [4.78, 5) is 2.47. The minimum atomic E-state index is 0.273. The fraction of sp³-hybridized carbons (Fsp3) is 0.800. The molecular formula is C10H20N2. The first-order valence-corrected chi connectivity index (χ1v) is 4.67. The lowest BCUT2D eigenvalue weighted by Gasteiger charge is -2.34. The van der Waals surface area contributed by atoms with Crippen molar-refractivity contribution in [3.8, 4) is 0 Å². The standard InChI is InChI=1S/C10H20N2/c1-9-8-12(10(2,3)4)7-5-6-11-9/h11H,1,5-8H2,2-4H3. The van der Waals surface area contributed by atoms with Crippen molar-refractivity contribution in [2.75, 3.05) is 19.6 Å². The van der Waals surface area contributed by atoms with Gasteiger partial charge in [-0.3, -0.25) is 4.90 Å². The first-order valence-electron chi connectivity index (χ1n) is 4.67. The van der Waals surface area contributed by atoms with Gasteiger partial charge >= 0.3 is 0 Å². The van der Waals surface area contributed by atoms with Gasteiger partial charge in [0.2, 0.25) is 0 Å². The van der Waals surface area contributed by atoms with E-state index in [0.29, 0.717) is 0 Å². The van der Waals surface area contributed by atoms with Crippen LogP contribution in [0.25, 0.3) is 0 Å². The van der Waals surface area contributed by atoms with Crippen LogP contribution < -0.4 is 5.32 Å². The Morgan fingerprint density at radius 2 is 2.08 bits per heavy atom. The summed E-state index contributed by atoms with van der Waals surface area (Å²) in [6.45, 7) is 14.0. The first-order chi connectivity index (χ1) is 5.50. The largest absolute Gasteiger partial charge is 0.388 e. The zero-order valence-corrected chi connectivity index (χ0v) is 8.48. The molecule has 2 heteroatoms. The van der Waals surface area contributed by atoms with E-state index in [2.05, 4.69) is 37.6 Å². The lowest BCUT2D eigenvalue weighted by Crippen LogP contribution is -2.42. The molecule has 1 aliphatic rings. The van der Waals surface area contributed by atoms with Crippen LogP contribution in [-0.2, 0) is 0 Å². The van der Waals surface area contributed by atoms with Gasteiger partial charge in [0.15, 0.2) is 0 Å². The number of hydrogen-bond donors (Lipinski definition) is 1. The van der Waals surface area contributed by atoms with Crippen LogP contribution in [0.15, 0.2) is 12.3 Å². The zero-order valence-electron chi connectivity index (χ0n) is 8.48. The summed E-state index contributed by atoms with van der Waals surface area (Å²) in [5.74, 6) is 0. The first kappa shape index (κ1) is 9.59. The molecule has 2 nitrogen and oxygen atoms in total. The highest BCUT2D eigenvalue weighted by atomic mass is 15.2. The third-order valence-electron chi connectivity index (χ3n) is 2.31. The predicted molar refractivity (Wildman–Crippen MR) is 53.1 cm³/mol. The van der Waals surface area contributed by atoms with Gasteiger partial charge < -0.3 is 5.32 Å². The lowest BCUT2D eigenvalue weighted by molar-refractivity contribution is 0.155. The van der Waals surface area contributed by atoms with Crippen LogP contribution in [0.2, 0.25) is 0 Å². The second-order valence-electron chi connectivity index (χ2n) is 4.48. The maximum atomic E-state index is 3.99. The van der Waals surface area contributed by atoms with Gasteiger partial charge in [0.25, 0.3) is 0 Å². The van der Waals surface area contributed by atoms with Crippen LogP contribution in [0.3, 0.4) is 0 Å². The maximum Gasteiger partial charge on any atom is 0.0380 e. The summed E-state index contributed by atoms with van der Waals surface area (Å²) in [6.07, 6.45) is 1.22. The molecule has 0 unspecified atom stereocenters. The molecule has 0 aromatic carbocycles. The third-order valence-corrected chi connectivity index (χ3v) is 2.31. The second-order valence-corrected chi connectivity index (χ2v) is 4.48. The normalized spacial score (nSPS) is 21.8. The fourth-order valence-electron chi connectivity index (χ4n) is 1.47. The molecule has 0 spiro atoms. The van der Waals surface area contributed by atoms with Gasteiger partial charge in [-0.15, -0.1) is 0 Å². The molecule has 1 rings (SSSR count). The van der Waals surface area contributed by atoms with Crippen molar-refractivity contribution in [1.29, 1.82) is 0 Å². The van der Waals surface area contributed by atoms with Crippen LogP contribution in [-0.4, -0.2) is 30.1 Å². The highest BCUT2D eigenvalue weighted by Gasteiger charge is 2.22. The van der Waals surface area contributed by atoms with Crippen molar-refractivity contribution in [3.63, 3.8) is 0 Å². The van der Waals surface area contributed by atoms with Crippen molar-refractivity contribution in [3.05, 3.63) is 12.3 Å². The van der Waals surface area contributed by atoms with Gasteiger partial charge in [0, 0.05) is 30.9 Å². The Balaban J connectivity index is 2.58. The van der Waals surface area contributed by atoms with E-state index in [0.717, 1.165) is 18.8 Å². The van der Waals surface area contributed by atoms with Crippen LogP contribution in [0.5, 0.6) is 0 Å². The minimum Gasteiger partial charge on any atom is -0.388 e. The molecule has 1 saturated heterocycles. The Morgan fingerprint density at radius 3 is 2.67 bits per heavy atom. The fourth-order valence-corrected chi connectivity index (χ4v) is 1.47. The average Bonchev–Trinajstić information content (AvgIpc) is 2.11. The Bertz CT molecular complexity index is 167. The molecule has 1 heterocycles. The Kier molecular flexibility index (Phi) is 2.78. The molecule has 70 valence electrons. The molecule has 1 fully saturated rings. The van der Waals surface area contributed by atoms with Crippen LogP contribution in [0, 0.1) is 0 Å². The van der Waals surface area contributed by atoms with E-state index in [1.54, 1.807) is 0 Å². The summed E-state index contributed by atoms with van der Waals surface area (Å²) in [7, 11) is 0. The molecule has 0 amide bonds. The molecular weight excluding hydrogens is 148 g/mol. The van der Waals surface area contributed by atoms with Crippen molar-refractivity contribution in [1.82, 2.24) is 10.2 Å². The summed E-state index contributed by atoms with van der Waals surface area (Å²) >= 11 is 0. The van der Waals surface area contributed by atoms with Crippen LogP contribution >= 0.6 is 0 Å². The Hall–Kier alpha value is -0.500. The highest BCUT2D eigenvalue weighted by Crippen LogP contribution is 2.15. The van der Waals surface area contributed by atoms with Gasteiger partial charge in [0.05, 0.1) is 0 Å². The highest BCUT2D eigenvalue weighted by molar-refractivity contribution is 4.98. The summed E-state index contributed by atoms with van der Waals surface area (Å²) in [6, 6.07) is 0. The Morgan fingerprint density at radius 1 is 1.42 bits per heavy atom. The monoisotopic (exact) mass is 168 g/mol. The molecule has 0 aromatic heterocycles. The number of hydrogen-bond acceptors (Lipinski definition) is 2. The van der Waals surface area contributed by atoms with Gasteiger partial charge in [-0.05, 0) is 27.2 Å². The van der Waals surface area contributed by atoms with Crippen molar-refractivity contribution < 1.29 is 0 Å². The van der Waals surface area contributed by atoms with E-state index in [9.17, 15) is 0 Å². The molecule has 0 aliphatic carbocycles. The lowest BCUT2D eigenvalue weighted by atomic mass is 10.1. The molecule has 0 radical (unpaired) electrons. The average molecular weight is 168 g/mol. The van der Waals surface area contributed by atoms with Crippen LogP contribution in [0.1, 0.15) is 27.2 Å². The van der Waals surface area contributed by atoms with E-state index in [1.165, 1.54) is 13.0 Å². The number of nitrogens with one attached hydrogen (secondary N) is 1. The van der Waals surface area contributed by atoms with E-state index in [-0.39, 0.29) is 5.54 Å². The summed E-state index contributed by atoms with van der Waals surface area (Å²) in [5.41, 5.74) is 1.43. The van der Waals surface area contributed by atoms with Gasteiger partial charge in [0.1, 0.15) is 0 Å². The minimum absolute atomic E-state index is 0.273. The molecule has 0 bridgehead atoms. The van der Waals surface area contributed by atoms with Crippen molar-refractivity contribution in [2.45, 2.75) is 32.7 Å². The topological polar surface area (TPSA) is 15.3 Å². The van der Waals surface area contributed by atoms with E-state index >= 15 is 0 Å². The summed E-state index contributed by atoms with van der Waals surface area (Å²) in [5, 5.41) is 3.31. The quantitative estimate of drug-likeness (QED) is 0.591. The van der Waals surface area contributed by atoms with Gasteiger partial charge in [-0.2, -0.15) is 0 Å². The van der Waals surface area contributed by atoms with E-state index in [1.807, 2.05) is 0 Å². The summed E-state index contributed by atoms with van der Waals surface area (Å²) < 4.78 is 0. The van der Waals surface area contributed by atoms with Gasteiger partial charge in [-0.1, -0.05) is 6.58 Å². The number of rotatable bonds is 0. The zero-order chi connectivity index (χ0) is 9.19. The molecule has 0 atom stereocenters. The SMILES string of the molecule is C=C1CN(C(C)(C)C)CCCN1. The van der Waals surface area contributed by atoms with Crippen molar-refractivity contribution in [2.24, 2.45) is 0 Å². The number of nitrogens with zero attached hydrogens (tertiary/aromatic N) is 1. The molecule has 12 heavy (non-hydrogen) atoms.